The summed E-state index contributed by atoms with van der Waals surface area (Å²) < 4.78 is 14.4. The molecule has 2 rings (SSSR count). The van der Waals surface area contributed by atoms with Crippen molar-refractivity contribution in [3.8, 4) is 0 Å². The van der Waals surface area contributed by atoms with Crippen LogP contribution in [0.2, 0.25) is 0 Å². The van der Waals surface area contributed by atoms with Crippen LogP contribution >= 0.6 is 0 Å². The van der Waals surface area contributed by atoms with Gasteiger partial charge in [0.1, 0.15) is 6.17 Å². The highest BCUT2D eigenvalue weighted by Gasteiger charge is 2.43. The quantitative estimate of drug-likeness (QED) is 0.395. The molecule has 5 unspecified atom stereocenters. The highest BCUT2D eigenvalue weighted by atomic mass is 19.1. The minimum absolute atomic E-state index is 0.00480. The number of aliphatic hydroxyl groups is 2. The smallest absolute Gasteiger partial charge is 0.303 e. The highest BCUT2D eigenvalue weighted by molar-refractivity contribution is 5.66. The summed E-state index contributed by atoms with van der Waals surface area (Å²) in [5, 5.41) is 29.5. The summed E-state index contributed by atoms with van der Waals surface area (Å²) in [6.45, 7) is 2.16. The normalized spacial score (nSPS) is 30.8. The number of aliphatic hydroxyl groups excluding tert-OH is 2. The molecule has 0 aromatic rings. The third-order valence-corrected chi connectivity index (χ3v) is 7.43. The van der Waals surface area contributed by atoms with Gasteiger partial charge in [-0.15, -0.1) is 0 Å². The summed E-state index contributed by atoms with van der Waals surface area (Å²) in [4.78, 5) is 10.5. The van der Waals surface area contributed by atoms with Crippen LogP contribution in [0.1, 0.15) is 96.8 Å². The Morgan fingerprint density at radius 1 is 1.11 bits per heavy atom. The predicted molar refractivity (Wildman–Crippen MR) is 104 cm³/mol. The first-order valence-corrected chi connectivity index (χ1v) is 11.1. The fourth-order valence-corrected chi connectivity index (χ4v) is 5.35. The van der Waals surface area contributed by atoms with Gasteiger partial charge in [0, 0.05) is 12.8 Å². The molecule has 0 heterocycles. The zero-order chi connectivity index (χ0) is 19.9. The second-order valence-corrected chi connectivity index (χ2v) is 9.01. The molecule has 2 aliphatic carbocycles. The first-order valence-electron chi connectivity index (χ1n) is 11.1. The van der Waals surface area contributed by atoms with Crippen LogP contribution in [0.3, 0.4) is 0 Å². The molecule has 0 spiro atoms. The fraction of sp³-hybridized carbons (Fsp3) is 0.955. The van der Waals surface area contributed by atoms with Crippen LogP contribution in [-0.2, 0) is 4.79 Å². The van der Waals surface area contributed by atoms with E-state index >= 15 is 0 Å². The van der Waals surface area contributed by atoms with E-state index in [-0.39, 0.29) is 36.2 Å². The Bertz CT molecular complexity index is 446. The average molecular weight is 387 g/mol. The number of alkyl halides is 1. The molecule has 0 bridgehead atoms. The maximum Gasteiger partial charge on any atom is 0.303 e. The molecule has 27 heavy (non-hydrogen) atoms. The lowest BCUT2D eigenvalue weighted by Crippen LogP contribution is -2.40. The molecule has 0 radical (unpaired) electrons. The Labute approximate surface area is 163 Å². The topological polar surface area (TPSA) is 77.8 Å². The summed E-state index contributed by atoms with van der Waals surface area (Å²) in [6.07, 6.45) is 9.74. The van der Waals surface area contributed by atoms with Crippen molar-refractivity contribution in [3.05, 3.63) is 0 Å². The van der Waals surface area contributed by atoms with Gasteiger partial charge in [-0.3, -0.25) is 4.79 Å². The molecule has 5 heteroatoms. The van der Waals surface area contributed by atoms with Crippen molar-refractivity contribution in [1.82, 2.24) is 0 Å². The van der Waals surface area contributed by atoms with Gasteiger partial charge >= 0.3 is 5.97 Å². The molecule has 2 aliphatic rings. The zero-order valence-corrected chi connectivity index (χ0v) is 16.9. The van der Waals surface area contributed by atoms with Gasteiger partial charge in [0.25, 0.3) is 0 Å². The number of carbonyl (C=O) groups is 1. The standard InChI is InChI=1S/C22H39FO4/c1-2-22(13-8-14-22)20(25)11-7-10-17-16(18(23)15-19(17)24)9-5-3-4-6-12-21(26)27/h16-20,24-25H,2-15H2,1H3,(H,26,27). The molecule has 0 aromatic carbocycles. The van der Waals surface area contributed by atoms with Crippen LogP contribution in [0.15, 0.2) is 0 Å². The summed E-state index contributed by atoms with van der Waals surface area (Å²) in [7, 11) is 0. The molecule has 158 valence electrons. The number of carboxylic acid groups (broad SMARTS) is 1. The number of aliphatic carboxylic acids is 1. The van der Waals surface area contributed by atoms with Gasteiger partial charge in [0.05, 0.1) is 12.2 Å². The minimum atomic E-state index is -0.928. The van der Waals surface area contributed by atoms with E-state index in [0.717, 1.165) is 64.2 Å². The molecule has 2 fully saturated rings. The van der Waals surface area contributed by atoms with E-state index < -0.39 is 18.2 Å². The van der Waals surface area contributed by atoms with Crippen molar-refractivity contribution in [2.45, 2.75) is 115 Å². The van der Waals surface area contributed by atoms with Crippen molar-refractivity contribution in [1.29, 1.82) is 0 Å². The summed E-state index contributed by atoms with van der Waals surface area (Å²) >= 11 is 0. The number of rotatable bonds is 13. The van der Waals surface area contributed by atoms with E-state index in [2.05, 4.69) is 6.92 Å². The van der Waals surface area contributed by atoms with Crippen LogP contribution in [0.25, 0.3) is 0 Å². The fourth-order valence-electron chi connectivity index (χ4n) is 5.35. The minimum Gasteiger partial charge on any atom is -0.481 e. The lowest BCUT2D eigenvalue weighted by molar-refractivity contribution is -0.137. The van der Waals surface area contributed by atoms with E-state index in [1.165, 1.54) is 6.42 Å². The Balaban J connectivity index is 1.70. The Morgan fingerprint density at radius 3 is 2.37 bits per heavy atom. The lowest BCUT2D eigenvalue weighted by Gasteiger charge is -2.45. The number of halogens is 1. The SMILES string of the molecule is CCC1(C(O)CCCC2C(O)CC(F)C2CCCCCCC(=O)O)CCC1. The predicted octanol–water partition coefficient (Wildman–Crippen LogP) is 4.86. The molecular weight excluding hydrogens is 347 g/mol. The van der Waals surface area contributed by atoms with Gasteiger partial charge < -0.3 is 15.3 Å². The van der Waals surface area contributed by atoms with Gasteiger partial charge in [-0.2, -0.15) is 0 Å². The molecule has 4 nitrogen and oxygen atoms in total. The number of carboxylic acids is 1. The molecule has 3 N–H and O–H groups in total. The zero-order valence-electron chi connectivity index (χ0n) is 16.9. The Morgan fingerprint density at radius 2 is 1.78 bits per heavy atom. The maximum absolute atomic E-state index is 14.4. The van der Waals surface area contributed by atoms with Gasteiger partial charge in [-0.25, -0.2) is 4.39 Å². The second-order valence-electron chi connectivity index (χ2n) is 9.01. The van der Waals surface area contributed by atoms with Crippen molar-refractivity contribution in [2.75, 3.05) is 0 Å². The molecule has 2 saturated carbocycles. The van der Waals surface area contributed by atoms with Gasteiger partial charge in [0.15, 0.2) is 0 Å². The Kier molecular flexibility index (Phi) is 9.00. The monoisotopic (exact) mass is 386 g/mol. The van der Waals surface area contributed by atoms with Crippen LogP contribution in [0, 0.1) is 17.3 Å². The van der Waals surface area contributed by atoms with Crippen molar-refractivity contribution in [2.24, 2.45) is 17.3 Å². The summed E-state index contributed by atoms with van der Waals surface area (Å²) in [6, 6.07) is 0. The second kappa shape index (κ2) is 10.8. The van der Waals surface area contributed by atoms with E-state index in [4.69, 9.17) is 5.11 Å². The van der Waals surface area contributed by atoms with Crippen molar-refractivity contribution >= 4 is 5.97 Å². The third-order valence-electron chi connectivity index (χ3n) is 7.43. The molecule has 0 saturated heterocycles. The van der Waals surface area contributed by atoms with E-state index in [0.29, 0.717) is 6.42 Å². The third kappa shape index (κ3) is 6.15. The van der Waals surface area contributed by atoms with Crippen LogP contribution in [0.5, 0.6) is 0 Å². The average Bonchev–Trinajstić information content (AvgIpc) is 2.84. The van der Waals surface area contributed by atoms with Crippen LogP contribution in [0.4, 0.5) is 4.39 Å². The maximum atomic E-state index is 14.4. The first kappa shape index (κ1) is 22.6. The molecule has 0 aromatic heterocycles. The highest BCUT2D eigenvalue weighted by Crippen LogP contribution is 2.48. The summed E-state index contributed by atoms with van der Waals surface area (Å²) in [5.41, 5.74) is 0.117. The summed E-state index contributed by atoms with van der Waals surface area (Å²) in [5.74, 6) is -0.836. The van der Waals surface area contributed by atoms with Crippen LogP contribution < -0.4 is 0 Å². The van der Waals surface area contributed by atoms with E-state index in [9.17, 15) is 19.4 Å². The Hall–Kier alpha value is -0.680. The molecular formula is C22H39FO4. The number of hydrogen-bond acceptors (Lipinski definition) is 3. The number of hydrogen-bond donors (Lipinski definition) is 3. The molecule has 5 atom stereocenters. The molecule has 0 amide bonds. The van der Waals surface area contributed by atoms with Gasteiger partial charge in [-0.1, -0.05) is 39.0 Å². The van der Waals surface area contributed by atoms with Crippen molar-refractivity contribution < 1.29 is 24.5 Å². The van der Waals surface area contributed by atoms with Crippen molar-refractivity contribution in [3.63, 3.8) is 0 Å². The largest absolute Gasteiger partial charge is 0.481 e. The number of unbranched alkanes of at least 4 members (excludes halogenated alkanes) is 3. The lowest BCUT2D eigenvalue weighted by atomic mass is 9.62. The van der Waals surface area contributed by atoms with E-state index in [1.807, 2.05) is 0 Å². The molecule has 0 aliphatic heterocycles. The van der Waals surface area contributed by atoms with E-state index in [1.54, 1.807) is 0 Å². The van der Waals surface area contributed by atoms with Crippen LogP contribution in [-0.4, -0.2) is 39.7 Å². The van der Waals surface area contributed by atoms with Gasteiger partial charge in [0.2, 0.25) is 0 Å². The first-order chi connectivity index (χ1) is 12.9. The van der Waals surface area contributed by atoms with Gasteiger partial charge in [-0.05, 0) is 62.2 Å².